The Morgan fingerprint density at radius 1 is 0.273 bits per heavy atom. The van der Waals surface area contributed by atoms with E-state index in [1.54, 1.807) is 0 Å². The Bertz CT molecular complexity index is 607. The summed E-state index contributed by atoms with van der Waals surface area (Å²) in [6, 6.07) is 0. The molecule has 0 rings (SSSR count). The van der Waals surface area contributed by atoms with Crippen LogP contribution in [0, 0.1) is 0 Å². The molecule has 0 unspecified atom stereocenters. The van der Waals surface area contributed by atoms with Gasteiger partial charge in [0.15, 0.2) is 0 Å². The topological polar surface area (TPSA) is 390 Å². The molecule has 0 aromatic rings. The number of carboxylic acid groups (broad SMARTS) is 10. The maximum atomic E-state index is 10.1. The third-order valence-corrected chi connectivity index (χ3v) is 0.691. The lowest BCUT2D eigenvalue weighted by Crippen LogP contribution is -1.98. The normalized spacial score (nSPS) is 6.68. The Morgan fingerprint density at radius 3 is 0.386 bits per heavy atom. The van der Waals surface area contributed by atoms with Crippen molar-refractivity contribution in [2.75, 3.05) is 0 Å². The fraction of sp³-hybridized carbons (Fsp3) is 0.522. The number of hydrogen-bond donors (Lipinski definition) is 10. The highest BCUT2D eigenvalue weighted by atomic mass is 16.4. The first-order chi connectivity index (χ1) is 19.2. The average Bonchev–Trinajstić information content (AvgIpc) is 2.62. The molecule has 44 heavy (non-hydrogen) atoms. The standard InChI is InChI=1S/C5H8O3.9C2H4O2/c1-4(6)2-3-5(7)8;9*1-2(3)4/h2-3H2,1H3,(H,7,8);9*1H3,(H,3,4). The largest absolute Gasteiger partial charge is 0.481 e. The number of carboxylic acids is 10. The molecule has 0 aliphatic rings. The van der Waals surface area contributed by atoms with Gasteiger partial charge in [-0.05, 0) is 6.92 Å². The number of carbonyl (C=O) groups is 11. The summed E-state index contributed by atoms with van der Waals surface area (Å²) < 4.78 is 0. The third-order valence-electron chi connectivity index (χ3n) is 0.691. The molecule has 10 N–H and O–H groups in total. The molecule has 0 bridgehead atoms. The van der Waals surface area contributed by atoms with Gasteiger partial charge in [-0.25, -0.2) is 0 Å². The van der Waals surface area contributed by atoms with Crippen LogP contribution < -0.4 is 0 Å². The zero-order chi connectivity index (χ0) is 38.8. The van der Waals surface area contributed by atoms with Crippen molar-refractivity contribution in [3.63, 3.8) is 0 Å². The van der Waals surface area contributed by atoms with Gasteiger partial charge in [0.25, 0.3) is 53.7 Å². The van der Waals surface area contributed by atoms with E-state index in [0.29, 0.717) is 0 Å². The van der Waals surface area contributed by atoms with Gasteiger partial charge in [0.05, 0.1) is 6.42 Å². The van der Waals surface area contributed by atoms with Crippen LogP contribution in [0.25, 0.3) is 0 Å². The lowest BCUT2D eigenvalue weighted by molar-refractivity contribution is -0.138. The highest BCUT2D eigenvalue weighted by molar-refractivity contribution is 5.80. The lowest BCUT2D eigenvalue weighted by Gasteiger charge is -1.86. The molecule has 0 fully saturated rings. The first-order valence-electron chi connectivity index (χ1n) is 10.7. The monoisotopic (exact) mass is 656 g/mol. The van der Waals surface area contributed by atoms with Crippen molar-refractivity contribution in [1.29, 1.82) is 0 Å². The molecular formula is C23H44O21. The highest BCUT2D eigenvalue weighted by Gasteiger charge is 1.97. The molecule has 0 aliphatic carbocycles. The van der Waals surface area contributed by atoms with Crippen LogP contribution in [-0.2, 0) is 52.7 Å². The molecule has 0 amide bonds. The van der Waals surface area contributed by atoms with Crippen LogP contribution >= 0.6 is 0 Å². The van der Waals surface area contributed by atoms with Gasteiger partial charge in [-0.2, -0.15) is 0 Å². The van der Waals surface area contributed by atoms with Gasteiger partial charge >= 0.3 is 5.97 Å². The molecule has 21 nitrogen and oxygen atoms in total. The number of ketones is 1. The van der Waals surface area contributed by atoms with Crippen LogP contribution in [0.1, 0.15) is 82.1 Å². The molecule has 21 heteroatoms. The number of hydrogen-bond acceptors (Lipinski definition) is 11. The van der Waals surface area contributed by atoms with E-state index in [9.17, 15) is 9.59 Å². The highest BCUT2D eigenvalue weighted by Crippen LogP contribution is 1.87. The summed E-state index contributed by atoms with van der Waals surface area (Å²) in [6.45, 7) is 11.1. The van der Waals surface area contributed by atoms with Gasteiger partial charge in [-0.1, -0.05) is 0 Å². The van der Waals surface area contributed by atoms with E-state index in [2.05, 4.69) is 0 Å². The Kier molecular flexibility index (Phi) is 86.7. The summed E-state index contributed by atoms with van der Waals surface area (Å²) in [5.41, 5.74) is 0. The lowest BCUT2D eigenvalue weighted by atomic mass is 10.2. The summed E-state index contributed by atoms with van der Waals surface area (Å²) >= 11 is 0. The molecular weight excluding hydrogens is 612 g/mol. The zero-order valence-electron chi connectivity index (χ0n) is 25.9. The number of rotatable bonds is 3. The van der Waals surface area contributed by atoms with Gasteiger partial charge < -0.3 is 55.9 Å². The molecule has 0 saturated heterocycles. The van der Waals surface area contributed by atoms with Crippen LogP contribution in [0.3, 0.4) is 0 Å². The van der Waals surface area contributed by atoms with Crippen LogP contribution in [0.5, 0.6) is 0 Å². The smallest absolute Gasteiger partial charge is 0.303 e. The Labute approximate surface area is 252 Å². The predicted molar refractivity (Wildman–Crippen MR) is 147 cm³/mol. The summed E-state index contributed by atoms with van der Waals surface area (Å²) in [7, 11) is 0. The van der Waals surface area contributed by atoms with E-state index in [1.807, 2.05) is 0 Å². The minimum atomic E-state index is -0.916. The van der Waals surface area contributed by atoms with Crippen LogP contribution in [0.4, 0.5) is 0 Å². The molecule has 262 valence electrons. The van der Waals surface area contributed by atoms with Crippen LogP contribution in [0.2, 0.25) is 0 Å². The molecule has 0 aromatic heterocycles. The Hall–Kier alpha value is -5.63. The van der Waals surface area contributed by atoms with E-state index in [4.69, 9.17) is 94.2 Å². The first-order valence-corrected chi connectivity index (χ1v) is 10.7. The summed E-state index contributed by atoms with van der Waals surface area (Å²) in [6.07, 6.45) is 0.102. The third kappa shape index (κ3) is 115000. The van der Waals surface area contributed by atoms with Gasteiger partial charge in [0.1, 0.15) is 5.78 Å². The minimum Gasteiger partial charge on any atom is -0.481 e. The molecule has 0 aliphatic heterocycles. The maximum Gasteiger partial charge on any atom is 0.303 e. The van der Waals surface area contributed by atoms with Gasteiger partial charge in [-0.3, -0.25) is 47.9 Å². The molecule has 0 radical (unpaired) electrons. The van der Waals surface area contributed by atoms with Crippen molar-refractivity contribution in [1.82, 2.24) is 0 Å². The molecule has 0 spiro atoms. The Morgan fingerprint density at radius 2 is 0.364 bits per heavy atom. The van der Waals surface area contributed by atoms with E-state index < -0.39 is 59.7 Å². The van der Waals surface area contributed by atoms with Crippen LogP contribution in [-0.4, -0.2) is 117 Å². The SMILES string of the molecule is CC(=O)CCC(=O)O.CC(=O)O.CC(=O)O.CC(=O)O.CC(=O)O.CC(=O)O.CC(=O)O.CC(=O)O.CC(=O)O.CC(=O)O. The summed E-state index contributed by atoms with van der Waals surface area (Å²) in [5.74, 6) is -8.49. The predicted octanol–water partition coefficient (Wildman–Crippen LogP) is 1.26. The second kappa shape index (κ2) is 57.3. The average molecular weight is 657 g/mol. The van der Waals surface area contributed by atoms with Crippen molar-refractivity contribution in [2.24, 2.45) is 0 Å². The molecule has 0 atom stereocenters. The van der Waals surface area contributed by atoms with E-state index in [1.165, 1.54) is 6.92 Å². The molecule has 0 heterocycles. The first kappa shape index (κ1) is 66.6. The fourth-order valence-corrected chi connectivity index (χ4v) is 0.283. The summed E-state index contributed by atoms with van der Waals surface area (Å²) in [5, 5.41) is 74.8. The van der Waals surface area contributed by atoms with Crippen molar-refractivity contribution >= 4 is 65.5 Å². The van der Waals surface area contributed by atoms with E-state index in [0.717, 1.165) is 62.3 Å². The fourth-order valence-electron chi connectivity index (χ4n) is 0.283. The van der Waals surface area contributed by atoms with E-state index in [-0.39, 0.29) is 18.6 Å². The zero-order valence-corrected chi connectivity index (χ0v) is 25.9. The maximum absolute atomic E-state index is 10.1. The van der Waals surface area contributed by atoms with Gasteiger partial charge in [-0.15, -0.1) is 0 Å². The van der Waals surface area contributed by atoms with Crippen molar-refractivity contribution < 1.29 is 104 Å². The number of carbonyl (C=O) groups excluding carboxylic acids is 1. The van der Waals surface area contributed by atoms with Crippen molar-refractivity contribution in [3.05, 3.63) is 0 Å². The second-order valence-corrected chi connectivity index (χ2v) is 6.27. The second-order valence-electron chi connectivity index (χ2n) is 6.27. The number of aliphatic carboxylic acids is 10. The number of Topliss-reactive ketones (excluding diaryl/α,β-unsaturated/α-hetero) is 1. The van der Waals surface area contributed by atoms with Gasteiger partial charge in [0, 0.05) is 68.7 Å². The Balaban J connectivity index is -0.0000000370. The van der Waals surface area contributed by atoms with Crippen molar-refractivity contribution in [3.8, 4) is 0 Å². The van der Waals surface area contributed by atoms with E-state index >= 15 is 0 Å². The quantitative estimate of drug-likeness (QED) is 0.204. The minimum absolute atomic E-state index is 0.0463. The van der Waals surface area contributed by atoms with Crippen molar-refractivity contribution in [2.45, 2.75) is 82.1 Å². The van der Waals surface area contributed by atoms with Crippen LogP contribution in [0.15, 0.2) is 0 Å². The molecule has 0 aromatic carbocycles. The van der Waals surface area contributed by atoms with Gasteiger partial charge in [0.2, 0.25) is 0 Å². The molecule has 0 saturated carbocycles. The summed E-state index contributed by atoms with van der Waals surface area (Å²) in [4.78, 5) is 101.